The fourth-order valence-electron chi connectivity index (χ4n) is 2.06. The lowest BCUT2D eigenvalue weighted by Crippen LogP contribution is -2.10. The van der Waals surface area contributed by atoms with Crippen molar-refractivity contribution in [1.82, 2.24) is 0 Å². The summed E-state index contributed by atoms with van der Waals surface area (Å²) in [6.45, 7) is 0. The SMILES string of the molecule is COc1c(Br)ccc(C(F)(F)F)c1C=NN=C(N)SCc1ccccc1. The number of methoxy groups -OCH3 is 1. The molecule has 4 nitrogen and oxygen atoms in total. The Morgan fingerprint density at radius 2 is 1.92 bits per heavy atom. The Labute approximate surface area is 161 Å². The molecule has 0 radical (unpaired) electrons. The highest BCUT2D eigenvalue weighted by molar-refractivity contribution is 9.10. The fourth-order valence-corrected chi connectivity index (χ4v) is 3.18. The summed E-state index contributed by atoms with van der Waals surface area (Å²) in [6, 6.07) is 11.8. The number of alkyl halides is 3. The summed E-state index contributed by atoms with van der Waals surface area (Å²) in [7, 11) is 1.28. The van der Waals surface area contributed by atoms with Crippen LogP contribution in [0.15, 0.2) is 57.1 Å². The summed E-state index contributed by atoms with van der Waals surface area (Å²) in [4.78, 5) is 0. The third kappa shape index (κ3) is 5.50. The van der Waals surface area contributed by atoms with E-state index in [0.717, 1.165) is 17.8 Å². The van der Waals surface area contributed by atoms with Crippen LogP contribution in [0.3, 0.4) is 0 Å². The van der Waals surface area contributed by atoms with Crippen molar-refractivity contribution in [3.8, 4) is 5.75 Å². The number of hydrogen-bond donors (Lipinski definition) is 1. The Balaban J connectivity index is 2.19. The average molecular weight is 446 g/mol. The third-order valence-corrected chi connectivity index (χ3v) is 4.71. The number of halogens is 4. The number of benzene rings is 2. The summed E-state index contributed by atoms with van der Waals surface area (Å²) in [6.07, 6.45) is -3.56. The van der Waals surface area contributed by atoms with Gasteiger partial charge in [-0.2, -0.15) is 18.3 Å². The van der Waals surface area contributed by atoms with E-state index >= 15 is 0 Å². The van der Waals surface area contributed by atoms with Crippen molar-refractivity contribution in [2.75, 3.05) is 7.11 Å². The Kier molecular flexibility index (Phi) is 7.10. The fraction of sp³-hybridized carbons (Fsp3) is 0.176. The summed E-state index contributed by atoms with van der Waals surface area (Å²) in [5.74, 6) is 0.606. The highest BCUT2D eigenvalue weighted by atomic mass is 79.9. The summed E-state index contributed by atoms with van der Waals surface area (Å²) >= 11 is 4.40. The molecule has 0 unspecified atom stereocenters. The lowest BCUT2D eigenvalue weighted by atomic mass is 10.1. The van der Waals surface area contributed by atoms with Crippen molar-refractivity contribution < 1.29 is 17.9 Å². The largest absolute Gasteiger partial charge is 0.495 e. The number of amidine groups is 1. The normalized spacial score (nSPS) is 12.6. The van der Waals surface area contributed by atoms with Crippen molar-refractivity contribution in [3.63, 3.8) is 0 Å². The van der Waals surface area contributed by atoms with Gasteiger partial charge in [0.15, 0.2) is 5.17 Å². The van der Waals surface area contributed by atoms with Gasteiger partial charge in [-0.3, -0.25) is 0 Å². The maximum atomic E-state index is 13.2. The van der Waals surface area contributed by atoms with Crippen LogP contribution in [0.1, 0.15) is 16.7 Å². The zero-order chi connectivity index (χ0) is 19.2. The Morgan fingerprint density at radius 3 is 2.54 bits per heavy atom. The van der Waals surface area contributed by atoms with Crippen molar-refractivity contribution in [2.24, 2.45) is 15.9 Å². The third-order valence-electron chi connectivity index (χ3n) is 3.23. The molecule has 0 heterocycles. The van der Waals surface area contributed by atoms with E-state index in [9.17, 15) is 13.2 Å². The second-order valence-electron chi connectivity index (χ2n) is 5.00. The van der Waals surface area contributed by atoms with Crippen LogP contribution in [-0.2, 0) is 11.9 Å². The second kappa shape index (κ2) is 9.09. The number of thioether (sulfide) groups is 1. The molecule has 0 aromatic heterocycles. The van der Waals surface area contributed by atoms with Crippen LogP contribution in [0.2, 0.25) is 0 Å². The topological polar surface area (TPSA) is 60.0 Å². The number of hydrogen-bond acceptors (Lipinski definition) is 4. The van der Waals surface area contributed by atoms with Gasteiger partial charge in [-0.05, 0) is 33.6 Å². The molecule has 0 fully saturated rings. The number of ether oxygens (including phenoxy) is 1. The van der Waals surface area contributed by atoms with Crippen molar-refractivity contribution in [3.05, 3.63) is 63.6 Å². The molecule has 0 aliphatic carbocycles. The van der Waals surface area contributed by atoms with Crippen LogP contribution in [-0.4, -0.2) is 18.5 Å². The molecule has 0 aliphatic rings. The van der Waals surface area contributed by atoms with Gasteiger partial charge in [-0.15, -0.1) is 5.10 Å². The van der Waals surface area contributed by atoms with Crippen LogP contribution < -0.4 is 10.5 Å². The first-order valence-electron chi connectivity index (χ1n) is 7.30. The van der Waals surface area contributed by atoms with Gasteiger partial charge in [-0.25, -0.2) is 0 Å². The first-order chi connectivity index (χ1) is 12.3. The molecule has 0 bridgehead atoms. The molecule has 2 aromatic rings. The highest BCUT2D eigenvalue weighted by Crippen LogP contribution is 2.38. The Morgan fingerprint density at radius 1 is 1.23 bits per heavy atom. The minimum atomic E-state index is -4.55. The van der Waals surface area contributed by atoms with E-state index < -0.39 is 11.7 Å². The van der Waals surface area contributed by atoms with Gasteiger partial charge >= 0.3 is 6.18 Å². The van der Waals surface area contributed by atoms with Gasteiger partial charge in [0.05, 0.1) is 28.9 Å². The first-order valence-corrected chi connectivity index (χ1v) is 9.07. The van der Waals surface area contributed by atoms with Gasteiger partial charge < -0.3 is 10.5 Å². The zero-order valence-corrected chi connectivity index (χ0v) is 16.0. The first kappa shape index (κ1) is 20.3. The monoisotopic (exact) mass is 445 g/mol. The molecule has 0 atom stereocenters. The molecule has 138 valence electrons. The molecular weight excluding hydrogens is 431 g/mol. The molecule has 0 saturated heterocycles. The van der Waals surface area contributed by atoms with E-state index in [-0.39, 0.29) is 16.5 Å². The quantitative estimate of drug-likeness (QED) is 0.397. The maximum absolute atomic E-state index is 13.2. The van der Waals surface area contributed by atoms with Gasteiger partial charge in [0.2, 0.25) is 0 Å². The molecule has 0 spiro atoms. The van der Waals surface area contributed by atoms with E-state index in [1.165, 1.54) is 24.9 Å². The van der Waals surface area contributed by atoms with Gasteiger partial charge in [0, 0.05) is 5.75 Å². The van der Waals surface area contributed by atoms with Crippen LogP contribution in [0.5, 0.6) is 5.75 Å². The molecule has 0 aliphatic heterocycles. The molecule has 0 saturated carbocycles. The molecule has 2 rings (SSSR count). The predicted molar refractivity (Wildman–Crippen MR) is 103 cm³/mol. The minimum absolute atomic E-state index is 0.0225. The van der Waals surface area contributed by atoms with Crippen molar-refractivity contribution >= 4 is 39.1 Å². The molecule has 0 amide bonds. The minimum Gasteiger partial charge on any atom is -0.495 e. The Bertz CT molecular complexity index is 811. The number of nitrogens with zero attached hydrogens (tertiary/aromatic N) is 2. The summed E-state index contributed by atoms with van der Waals surface area (Å²) in [5, 5.41) is 7.59. The van der Waals surface area contributed by atoms with Gasteiger partial charge in [-0.1, -0.05) is 42.1 Å². The summed E-state index contributed by atoms with van der Waals surface area (Å²) in [5.41, 5.74) is 5.70. The van der Waals surface area contributed by atoms with E-state index in [1.807, 2.05) is 30.3 Å². The average Bonchev–Trinajstić information content (AvgIpc) is 2.60. The van der Waals surface area contributed by atoms with E-state index in [2.05, 4.69) is 26.1 Å². The van der Waals surface area contributed by atoms with Gasteiger partial charge in [0.1, 0.15) is 5.75 Å². The highest BCUT2D eigenvalue weighted by Gasteiger charge is 2.34. The maximum Gasteiger partial charge on any atom is 0.417 e. The van der Waals surface area contributed by atoms with E-state index in [4.69, 9.17) is 10.5 Å². The zero-order valence-electron chi connectivity index (χ0n) is 13.6. The van der Waals surface area contributed by atoms with Crippen molar-refractivity contribution in [2.45, 2.75) is 11.9 Å². The smallest absolute Gasteiger partial charge is 0.417 e. The number of rotatable bonds is 5. The molecular formula is C17H15BrF3N3OS. The molecule has 2 N–H and O–H groups in total. The van der Waals surface area contributed by atoms with Crippen LogP contribution in [0.4, 0.5) is 13.2 Å². The second-order valence-corrected chi connectivity index (χ2v) is 6.85. The van der Waals surface area contributed by atoms with Crippen LogP contribution in [0.25, 0.3) is 0 Å². The predicted octanol–water partition coefficient (Wildman–Crippen LogP) is 5.06. The van der Waals surface area contributed by atoms with Crippen LogP contribution >= 0.6 is 27.7 Å². The Hall–Kier alpha value is -2.00. The van der Waals surface area contributed by atoms with Crippen molar-refractivity contribution in [1.29, 1.82) is 0 Å². The van der Waals surface area contributed by atoms with Crippen LogP contribution in [0, 0.1) is 0 Å². The van der Waals surface area contributed by atoms with E-state index in [0.29, 0.717) is 10.2 Å². The lowest BCUT2D eigenvalue weighted by molar-refractivity contribution is -0.137. The standard InChI is InChI=1S/C17H15BrF3N3OS/c1-25-15-12(13(17(19,20)21)7-8-14(15)18)9-23-24-16(22)26-10-11-5-3-2-4-6-11/h2-9H,10H2,1H3,(H2,22,24). The molecule has 2 aromatic carbocycles. The summed E-state index contributed by atoms with van der Waals surface area (Å²) < 4.78 is 45.0. The molecule has 9 heteroatoms. The lowest BCUT2D eigenvalue weighted by Gasteiger charge is -2.14. The van der Waals surface area contributed by atoms with E-state index in [1.54, 1.807) is 0 Å². The molecule has 26 heavy (non-hydrogen) atoms. The number of nitrogens with two attached hydrogens (primary N) is 1. The van der Waals surface area contributed by atoms with Gasteiger partial charge in [0.25, 0.3) is 0 Å².